The van der Waals surface area contributed by atoms with Crippen molar-refractivity contribution in [2.24, 2.45) is 0 Å². The quantitative estimate of drug-likeness (QED) is 0.845. The zero-order chi connectivity index (χ0) is 20.2. The molecule has 0 radical (unpaired) electrons. The van der Waals surface area contributed by atoms with E-state index < -0.39 is 6.09 Å². The van der Waals surface area contributed by atoms with Gasteiger partial charge in [0.2, 0.25) is 0 Å². The Bertz CT molecular complexity index is 897. The molecule has 2 aromatic carbocycles. The number of hydrogen-bond donors (Lipinski definition) is 1. The minimum Gasteiger partial charge on any atom is -0.486 e. The van der Waals surface area contributed by atoms with Crippen LogP contribution in [-0.4, -0.2) is 43.3 Å². The highest BCUT2D eigenvalue weighted by Gasteiger charge is 2.31. The Kier molecular flexibility index (Phi) is 5.55. The molecule has 2 amide bonds. The molecule has 29 heavy (non-hydrogen) atoms. The fourth-order valence-electron chi connectivity index (χ4n) is 3.77. The second-order valence-electron chi connectivity index (χ2n) is 6.98. The summed E-state index contributed by atoms with van der Waals surface area (Å²) in [6.45, 7) is 3.85. The number of likely N-dealkylation sites (tertiary alicyclic amines) is 1. The van der Waals surface area contributed by atoms with Crippen molar-refractivity contribution in [3.8, 4) is 11.5 Å². The van der Waals surface area contributed by atoms with Gasteiger partial charge >= 0.3 is 6.09 Å². The molecule has 1 saturated heterocycles. The summed E-state index contributed by atoms with van der Waals surface area (Å²) in [6, 6.07) is 12.8. The predicted molar refractivity (Wildman–Crippen MR) is 108 cm³/mol. The zero-order valence-electron chi connectivity index (χ0n) is 16.3. The number of nitrogens with zero attached hydrogens (tertiary/aromatic N) is 1. The van der Waals surface area contributed by atoms with Gasteiger partial charge in [-0.25, -0.2) is 4.79 Å². The van der Waals surface area contributed by atoms with E-state index >= 15 is 0 Å². The number of carbonyl (C=O) groups excluding carboxylic acids is 2. The lowest BCUT2D eigenvalue weighted by atomic mass is 10.0. The molecule has 1 fully saturated rings. The van der Waals surface area contributed by atoms with Crippen molar-refractivity contribution in [2.75, 3.05) is 31.7 Å². The van der Waals surface area contributed by atoms with E-state index in [4.69, 9.17) is 14.2 Å². The third-order valence-electron chi connectivity index (χ3n) is 5.12. The molecule has 2 aliphatic heterocycles. The number of nitrogens with one attached hydrogen (secondary N) is 1. The van der Waals surface area contributed by atoms with Crippen LogP contribution < -0.4 is 14.8 Å². The highest BCUT2D eigenvalue weighted by Crippen LogP contribution is 2.38. The number of ether oxygens (including phenoxy) is 3. The van der Waals surface area contributed by atoms with Gasteiger partial charge in [0, 0.05) is 17.8 Å². The van der Waals surface area contributed by atoms with E-state index in [2.05, 4.69) is 5.32 Å². The third kappa shape index (κ3) is 4.13. The Morgan fingerprint density at radius 2 is 1.86 bits per heavy atom. The summed E-state index contributed by atoms with van der Waals surface area (Å²) in [5, 5.41) is 2.63. The number of amides is 2. The maximum Gasteiger partial charge on any atom is 0.411 e. The Morgan fingerprint density at radius 1 is 1.10 bits per heavy atom. The Morgan fingerprint density at radius 3 is 2.62 bits per heavy atom. The number of benzene rings is 2. The van der Waals surface area contributed by atoms with Crippen LogP contribution in [0, 0.1) is 0 Å². The van der Waals surface area contributed by atoms with Crippen LogP contribution in [0.15, 0.2) is 42.5 Å². The van der Waals surface area contributed by atoms with Gasteiger partial charge < -0.3 is 19.1 Å². The van der Waals surface area contributed by atoms with Crippen LogP contribution in [0.25, 0.3) is 0 Å². The Balaban J connectivity index is 1.48. The average Bonchev–Trinajstić information content (AvgIpc) is 3.23. The molecule has 2 aromatic rings. The van der Waals surface area contributed by atoms with Crippen molar-refractivity contribution in [3.05, 3.63) is 53.6 Å². The molecular weight excluding hydrogens is 372 g/mol. The van der Waals surface area contributed by atoms with E-state index in [0.717, 1.165) is 29.9 Å². The van der Waals surface area contributed by atoms with Gasteiger partial charge in [-0.15, -0.1) is 0 Å². The highest BCUT2D eigenvalue weighted by molar-refractivity contribution is 5.95. The number of carbonyl (C=O) groups is 2. The summed E-state index contributed by atoms with van der Waals surface area (Å²) >= 11 is 0. The van der Waals surface area contributed by atoms with Crippen molar-refractivity contribution in [3.63, 3.8) is 0 Å². The van der Waals surface area contributed by atoms with E-state index in [-0.39, 0.29) is 11.9 Å². The van der Waals surface area contributed by atoms with Gasteiger partial charge in [-0.05, 0) is 61.7 Å². The van der Waals surface area contributed by atoms with Gasteiger partial charge in [0.25, 0.3) is 5.91 Å². The normalized spacial score (nSPS) is 17.7. The van der Waals surface area contributed by atoms with Gasteiger partial charge in [-0.3, -0.25) is 10.1 Å². The largest absolute Gasteiger partial charge is 0.486 e. The first-order valence-corrected chi connectivity index (χ1v) is 9.90. The maximum atomic E-state index is 13.1. The maximum absolute atomic E-state index is 13.1. The molecule has 1 atom stereocenters. The summed E-state index contributed by atoms with van der Waals surface area (Å²) < 4.78 is 16.2. The average molecular weight is 396 g/mol. The molecule has 7 nitrogen and oxygen atoms in total. The summed E-state index contributed by atoms with van der Waals surface area (Å²) in [6.07, 6.45) is 1.35. The predicted octanol–water partition coefficient (Wildman–Crippen LogP) is 4.00. The second-order valence-corrected chi connectivity index (χ2v) is 6.98. The molecule has 7 heteroatoms. The molecule has 2 heterocycles. The van der Waals surface area contributed by atoms with Crippen LogP contribution in [-0.2, 0) is 4.74 Å². The molecule has 0 aliphatic carbocycles. The van der Waals surface area contributed by atoms with E-state index in [1.165, 1.54) is 0 Å². The number of fused-ring (bicyclic) bond motifs is 1. The smallest absolute Gasteiger partial charge is 0.411 e. The van der Waals surface area contributed by atoms with E-state index in [0.29, 0.717) is 37.6 Å². The fraction of sp³-hybridized carbons (Fsp3) is 0.364. The summed E-state index contributed by atoms with van der Waals surface area (Å²) in [7, 11) is 0. The van der Waals surface area contributed by atoms with E-state index in [9.17, 15) is 9.59 Å². The van der Waals surface area contributed by atoms with Gasteiger partial charge in [-0.1, -0.05) is 6.07 Å². The minimum atomic E-state index is -0.509. The first-order chi connectivity index (χ1) is 14.2. The number of anilines is 1. The highest BCUT2D eigenvalue weighted by atomic mass is 16.6. The lowest BCUT2D eigenvalue weighted by Crippen LogP contribution is -2.30. The Labute approximate surface area is 169 Å². The second kappa shape index (κ2) is 8.43. The SMILES string of the molecule is CCOC(=O)Nc1ccc(C(=O)N2CCC[C@H]2c2ccc3c(c2)OCCO3)cc1. The lowest BCUT2D eigenvalue weighted by Gasteiger charge is -2.27. The lowest BCUT2D eigenvalue weighted by molar-refractivity contribution is 0.0735. The summed E-state index contributed by atoms with van der Waals surface area (Å²) in [5.74, 6) is 1.47. The van der Waals surface area contributed by atoms with E-state index in [1.807, 2.05) is 23.1 Å². The van der Waals surface area contributed by atoms with Crippen LogP contribution >= 0.6 is 0 Å². The van der Waals surface area contributed by atoms with Crippen LogP contribution in [0.2, 0.25) is 0 Å². The van der Waals surface area contributed by atoms with Crippen molar-refractivity contribution in [1.82, 2.24) is 4.90 Å². The van der Waals surface area contributed by atoms with Crippen LogP contribution in [0.3, 0.4) is 0 Å². The fourth-order valence-corrected chi connectivity index (χ4v) is 3.77. The topological polar surface area (TPSA) is 77.1 Å². The molecule has 0 aromatic heterocycles. The van der Waals surface area contributed by atoms with Gasteiger partial charge in [0.05, 0.1) is 12.6 Å². The molecule has 0 unspecified atom stereocenters. The molecule has 0 saturated carbocycles. The van der Waals surface area contributed by atoms with Gasteiger partial charge in [-0.2, -0.15) is 0 Å². The molecule has 152 valence electrons. The van der Waals surface area contributed by atoms with Crippen LogP contribution in [0.5, 0.6) is 11.5 Å². The summed E-state index contributed by atoms with van der Waals surface area (Å²) in [4.78, 5) is 26.5. The van der Waals surface area contributed by atoms with Crippen molar-refractivity contribution >= 4 is 17.7 Å². The monoisotopic (exact) mass is 396 g/mol. The van der Waals surface area contributed by atoms with Crippen LogP contribution in [0.1, 0.15) is 41.7 Å². The summed E-state index contributed by atoms with van der Waals surface area (Å²) in [5.41, 5.74) is 2.23. The number of rotatable bonds is 4. The van der Waals surface area contributed by atoms with Crippen molar-refractivity contribution in [2.45, 2.75) is 25.8 Å². The molecule has 1 N–H and O–H groups in total. The zero-order valence-corrected chi connectivity index (χ0v) is 16.3. The van der Waals surface area contributed by atoms with Crippen LogP contribution in [0.4, 0.5) is 10.5 Å². The molecule has 2 aliphatic rings. The third-order valence-corrected chi connectivity index (χ3v) is 5.12. The van der Waals surface area contributed by atoms with Gasteiger partial charge in [0.1, 0.15) is 13.2 Å². The molecule has 4 rings (SSSR count). The van der Waals surface area contributed by atoms with Gasteiger partial charge in [0.15, 0.2) is 11.5 Å². The number of hydrogen-bond acceptors (Lipinski definition) is 5. The molecule has 0 bridgehead atoms. The Hall–Kier alpha value is -3.22. The van der Waals surface area contributed by atoms with Crippen molar-refractivity contribution < 1.29 is 23.8 Å². The van der Waals surface area contributed by atoms with E-state index in [1.54, 1.807) is 31.2 Å². The molecular formula is C22H24N2O5. The first kappa shape index (κ1) is 19.1. The standard InChI is InChI=1S/C22H24N2O5/c1-2-27-22(26)23-17-8-5-15(6-9-17)21(25)24-11-3-4-18(24)16-7-10-19-20(14-16)29-13-12-28-19/h5-10,14,18H,2-4,11-13H2,1H3,(H,23,26)/t18-/m0/s1. The minimum absolute atomic E-state index is 0.00987. The first-order valence-electron chi connectivity index (χ1n) is 9.90. The van der Waals surface area contributed by atoms with Crippen molar-refractivity contribution in [1.29, 1.82) is 0 Å². The molecule has 0 spiro atoms.